The van der Waals surface area contributed by atoms with Crippen LogP contribution >= 0.6 is 15.9 Å². The third-order valence-electron chi connectivity index (χ3n) is 4.42. The Bertz CT molecular complexity index is 1180. The molecule has 4 rings (SSSR count). The number of methoxy groups -OCH3 is 1. The summed E-state index contributed by atoms with van der Waals surface area (Å²) in [6, 6.07) is 14.2. The SMILES string of the molecule is COc1ccc(CNc2cc3c(N)nc(-c4ccc(F)c(Br)c4)nc3cn2)cc1. The summed E-state index contributed by atoms with van der Waals surface area (Å²) < 4.78 is 19.0. The first kappa shape index (κ1) is 19.1. The number of nitrogens with two attached hydrogens (primary N) is 1. The second-order valence-corrected chi connectivity index (χ2v) is 7.20. The first-order valence-corrected chi connectivity index (χ1v) is 9.58. The Labute approximate surface area is 175 Å². The number of nitrogens with one attached hydrogen (secondary N) is 1. The summed E-state index contributed by atoms with van der Waals surface area (Å²) in [5.41, 5.74) is 8.53. The van der Waals surface area contributed by atoms with E-state index in [-0.39, 0.29) is 5.82 Å². The Balaban J connectivity index is 1.59. The highest BCUT2D eigenvalue weighted by Gasteiger charge is 2.11. The molecule has 0 aliphatic rings. The van der Waals surface area contributed by atoms with Crippen molar-refractivity contribution in [3.8, 4) is 17.1 Å². The highest BCUT2D eigenvalue weighted by molar-refractivity contribution is 9.10. The van der Waals surface area contributed by atoms with E-state index in [1.807, 2.05) is 30.3 Å². The lowest BCUT2D eigenvalue weighted by molar-refractivity contribution is 0.414. The molecule has 0 bridgehead atoms. The third kappa shape index (κ3) is 4.12. The van der Waals surface area contributed by atoms with E-state index in [0.29, 0.717) is 44.9 Å². The lowest BCUT2D eigenvalue weighted by Gasteiger charge is -2.10. The third-order valence-corrected chi connectivity index (χ3v) is 5.03. The molecule has 29 heavy (non-hydrogen) atoms. The molecule has 0 spiro atoms. The minimum atomic E-state index is -0.350. The quantitative estimate of drug-likeness (QED) is 0.451. The van der Waals surface area contributed by atoms with Crippen molar-refractivity contribution in [2.45, 2.75) is 6.54 Å². The Morgan fingerprint density at radius 1 is 1.10 bits per heavy atom. The summed E-state index contributed by atoms with van der Waals surface area (Å²) in [5, 5.41) is 3.96. The van der Waals surface area contributed by atoms with Crippen LogP contribution in [0.15, 0.2) is 59.2 Å². The molecule has 3 N–H and O–H groups in total. The standard InChI is InChI=1S/C21H17BrFN5O/c1-29-14-5-2-12(3-6-14)10-25-19-9-15-18(11-26-19)27-21(28-20(15)24)13-4-7-17(23)16(22)8-13/h2-9,11H,10H2,1H3,(H,25,26)(H2,24,27,28). The fraction of sp³-hybridized carbons (Fsp3) is 0.0952. The first-order valence-electron chi connectivity index (χ1n) is 8.79. The first-order chi connectivity index (χ1) is 14.0. The van der Waals surface area contributed by atoms with Crippen molar-refractivity contribution >= 4 is 38.5 Å². The van der Waals surface area contributed by atoms with E-state index in [1.54, 1.807) is 25.4 Å². The van der Waals surface area contributed by atoms with Crippen LogP contribution in [0.2, 0.25) is 0 Å². The van der Waals surface area contributed by atoms with Gasteiger partial charge in [0.25, 0.3) is 0 Å². The highest BCUT2D eigenvalue weighted by Crippen LogP contribution is 2.27. The van der Waals surface area contributed by atoms with Crippen LogP contribution in [0.4, 0.5) is 16.0 Å². The Morgan fingerprint density at radius 3 is 2.62 bits per heavy atom. The maximum absolute atomic E-state index is 13.5. The van der Waals surface area contributed by atoms with Crippen LogP contribution in [0, 0.1) is 5.82 Å². The number of fused-ring (bicyclic) bond motifs is 1. The molecular formula is C21H17BrFN5O. The van der Waals surface area contributed by atoms with Crippen molar-refractivity contribution in [3.63, 3.8) is 0 Å². The van der Waals surface area contributed by atoms with Crippen LogP contribution in [0.3, 0.4) is 0 Å². The number of halogens is 2. The molecule has 0 amide bonds. The molecule has 0 unspecified atom stereocenters. The summed E-state index contributed by atoms with van der Waals surface area (Å²) in [6.07, 6.45) is 1.64. The van der Waals surface area contributed by atoms with Crippen LogP contribution in [0.25, 0.3) is 22.3 Å². The fourth-order valence-corrected chi connectivity index (χ4v) is 3.23. The van der Waals surface area contributed by atoms with Gasteiger partial charge in [0.2, 0.25) is 0 Å². The predicted molar refractivity (Wildman–Crippen MR) is 115 cm³/mol. The number of rotatable bonds is 5. The molecular weight excluding hydrogens is 437 g/mol. The Kier molecular flexibility index (Phi) is 5.26. The molecule has 0 saturated carbocycles. The van der Waals surface area contributed by atoms with Crippen molar-refractivity contribution in [1.29, 1.82) is 0 Å². The monoisotopic (exact) mass is 453 g/mol. The summed E-state index contributed by atoms with van der Waals surface area (Å²) in [5.74, 6) is 1.88. The zero-order valence-electron chi connectivity index (χ0n) is 15.5. The van der Waals surface area contributed by atoms with E-state index in [4.69, 9.17) is 10.5 Å². The lowest BCUT2D eigenvalue weighted by atomic mass is 10.2. The second kappa shape index (κ2) is 8.00. The number of nitrogens with zero attached hydrogens (tertiary/aromatic N) is 3. The Morgan fingerprint density at radius 2 is 1.90 bits per heavy atom. The largest absolute Gasteiger partial charge is 0.497 e. The zero-order chi connectivity index (χ0) is 20.4. The number of pyridine rings is 1. The average molecular weight is 454 g/mol. The molecule has 4 aromatic rings. The van der Waals surface area contributed by atoms with E-state index < -0.39 is 0 Å². The molecule has 2 heterocycles. The van der Waals surface area contributed by atoms with Gasteiger partial charge in [-0.1, -0.05) is 12.1 Å². The smallest absolute Gasteiger partial charge is 0.162 e. The normalized spacial score (nSPS) is 10.9. The zero-order valence-corrected chi connectivity index (χ0v) is 17.1. The number of benzene rings is 2. The van der Waals surface area contributed by atoms with Gasteiger partial charge in [-0.25, -0.2) is 19.3 Å². The number of anilines is 2. The van der Waals surface area contributed by atoms with Crippen LogP contribution in [0.5, 0.6) is 5.75 Å². The predicted octanol–water partition coefficient (Wildman–Crippen LogP) is 4.80. The number of aromatic nitrogens is 3. The molecule has 0 radical (unpaired) electrons. The van der Waals surface area contributed by atoms with Crippen molar-refractivity contribution in [2.24, 2.45) is 0 Å². The van der Waals surface area contributed by atoms with Gasteiger partial charge in [-0.15, -0.1) is 0 Å². The van der Waals surface area contributed by atoms with Crippen molar-refractivity contribution in [3.05, 3.63) is 70.6 Å². The highest BCUT2D eigenvalue weighted by atomic mass is 79.9. The van der Waals surface area contributed by atoms with Crippen LogP contribution in [-0.4, -0.2) is 22.1 Å². The van der Waals surface area contributed by atoms with Crippen molar-refractivity contribution in [1.82, 2.24) is 15.0 Å². The summed E-state index contributed by atoms with van der Waals surface area (Å²) in [6.45, 7) is 0.602. The molecule has 0 fully saturated rings. The van der Waals surface area contributed by atoms with Gasteiger partial charge in [-0.05, 0) is 57.9 Å². The molecule has 2 aromatic heterocycles. The van der Waals surface area contributed by atoms with Gasteiger partial charge in [0.1, 0.15) is 23.2 Å². The molecule has 0 aliphatic carbocycles. The van der Waals surface area contributed by atoms with Gasteiger partial charge < -0.3 is 15.8 Å². The minimum Gasteiger partial charge on any atom is -0.497 e. The number of hydrogen-bond acceptors (Lipinski definition) is 6. The molecule has 8 heteroatoms. The van der Waals surface area contributed by atoms with Gasteiger partial charge in [0.05, 0.1) is 23.3 Å². The summed E-state index contributed by atoms with van der Waals surface area (Å²) >= 11 is 3.18. The van der Waals surface area contributed by atoms with Gasteiger partial charge in [-0.3, -0.25) is 0 Å². The molecule has 0 saturated heterocycles. The molecule has 146 valence electrons. The van der Waals surface area contributed by atoms with Crippen molar-refractivity contribution in [2.75, 3.05) is 18.2 Å². The van der Waals surface area contributed by atoms with Gasteiger partial charge in [0.15, 0.2) is 5.82 Å². The van der Waals surface area contributed by atoms with E-state index in [2.05, 4.69) is 36.2 Å². The fourth-order valence-electron chi connectivity index (χ4n) is 2.85. The minimum absolute atomic E-state index is 0.334. The summed E-state index contributed by atoms with van der Waals surface area (Å²) in [7, 11) is 1.64. The maximum Gasteiger partial charge on any atom is 0.162 e. The van der Waals surface area contributed by atoms with Crippen LogP contribution < -0.4 is 15.8 Å². The lowest BCUT2D eigenvalue weighted by Crippen LogP contribution is -2.03. The molecule has 6 nitrogen and oxygen atoms in total. The van der Waals surface area contributed by atoms with Gasteiger partial charge in [0, 0.05) is 17.5 Å². The molecule has 2 aromatic carbocycles. The maximum atomic E-state index is 13.5. The summed E-state index contributed by atoms with van der Waals surface area (Å²) in [4.78, 5) is 13.3. The van der Waals surface area contributed by atoms with Gasteiger partial charge in [-0.2, -0.15) is 0 Å². The topological polar surface area (TPSA) is 86.0 Å². The molecule has 0 atom stereocenters. The number of hydrogen-bond donors (Lipinski definition) is 2. The van der Waals surface area contributed by atoms with E-state index >= 15 is 0 Å². The molecule has 0 aliphatic heterocycles. The average Bonchev–Trinajstić information content (AvgIpc) is 2.74. The second-order valence-electron chi connectivity index (χ2n) is 6.35. The number of nitrogen functional groups attached to an aromatic ring is 1. The Hall–Kier alpha value is -3.26. The van der Waals surface area contributed by atoms with Gasteiger partial charge >= 0.3 is 0 Å². The van der Waals surface area contributed by atoms with E-state index in [0.717, 1.165) is 11.3 Å². The van der Waals surface area contributed by atoms with Crippen LogP contribution in [0.1, 0.15) is 5.56 Å². The van der Waals surface area contributed by atoms with E-state index in [9.17, 15) is 4.39 Å². The van der Waals surface area contributed by atoms with E-state index in [1.165, 1.54) is 6.07 Å². The van der Waals surface area contributed by atoms with Crippen LogP contribution in [-0.2, 0) is 6.54 Å². The number of ether oxygens (including phenoxy) is 1. The van der Waals surface area contributed by atoms with Crippen molar-refractivity contribution < 1.29 is 9.13 Å².